The number of aliphatic hydroxyl groups excluding tert-OH is 1. The number of hydrogen-bond acceptors (Lipinski definition) is 5. The Bertz CT molecular complexity index is 1160. The number of piperidine rings is 1. The van der Waals surface area contributed by atoms with Gasteiger partial charge in [-0.1, -0.05) is 0 Å². The predicted octanol–water partition coefficient (Wildman–Crippen LogP) is 2.43. The van der Waals surface area contributed by atoms with E-state index in [0.29, 0.717) is 36.8 Å². The fourth-order valence-electron chi connectivity index (χ4n) is 4.99. The summed E-state index contributed by atoms with van der Waals surface area (Å²) in [5.41, 5.74) is 3.00. The molecule has 0 aliphatic carbocycles. The molecule has 1 saturated heterocycles. The van der Waals surface area contributed by atoms with Gasteiger partial charge in [-0.2, -0.15) is 4.57 Å². The van der Waals surface area contributed by atoms with Crippen LogP contribution in [0.1, 0.15) is 54.9 Å². The molecule has 3 aromatic rings. The molecule has 164 valence electrons. The molecule has 1 N–H and O–H groups in total. The number of fused-ring (bicyclic) bond motifs is 2. The molecular formula is C23H28FN4O3+. The van der Waals surface area contributed by atoms with Crippen molar-refractivity contribution in [3.8, 4) is 0 Å². The van der Waals surface area contributed by atoms with Crippen LogP contribution >= 0.6 is 0 Å². The molecule has 0 spiro atoms. The Morgan fingerprint density at radius 1 is 1.26 bits per heavy atom. The van der Waals surface area contributed by atoms with Crippen molar-refractivity contribution in [1.29, 1.82) is 0 Å². The van der Waals surface area contributed by atoms with E-state index in [1.54, 1.807) is 17.0 Å². The average Bonchev–Trinajstić information content (AvgIpc) is 3.18. The molecule has 0 amide bonds. The van der Waals surface area contributed by atoms with Crippen LogP contribution < -0.4 is 10.1 Å². The first-order valence-corrected chi connectivity index (χ1v) is 11.1. The fraction of sp³-hybridized carbons (Fsp3) is 0.522. The van der Waals surface area contributed by atoms with Gasteiger partial charge in [0.1, 0.15) is 17.7 Å². The third-order valence-corrected chi connectivity index (χ3v) is 6.78. The van der Waals surface area contributed by atoms with Crippen molar-refractivity contribution in [3.63, 3.8) is 0 Å². The Morgan fingerprint density at radius 2 is 2.06 bits per heavy atom. The van der Waals surface area contributed by atoms with E-state index in [-0.39, 0.29) is 11.4 Å². The third-order valence-electron chi connectivity index (χ3n) is 6.78. The Labute approximate surface area is 179 Å². The number of likely N-dealkylation sites (tertiary alicyclic amines) is 1. The minimum Gasteiger partial charge on any atom is -0.403 e. The van der Waals surface area contributed by atoms with Gasteiger partial charge in [0.15, 0.2) is 6.04 Å². The minimum atomic E-state index is -0.638. The summed E-state index contributed by atoms with van der Waals surface area (Å²) in [5, 5.41) is 10.2. The molecule has 0 bridgehead atoms. The molecule has 1 aromatic carbocycles. The largest absolute Gasteiger partial charge is 0.403 e. The normalized spacial score (nSPS) is 20.3. The number of halogens is 1. The number of aryl methyl sites for hydroxylation is 1. The second-order valence-corrected chi connectivity index (χ2v) is 8.71. The summed E-state index contributed by atoms with van der Waals surface area (Å²) in [6.07, 6.45) is 5.15. The predicted molar refractivity (Wildman–Crippen MR) is 112 cm³/mol. The van der Waals surface area contributed by atoms with Gasteiger partial charge in [-0.15, -0.1) is 0 Å². The van der Waals surface area contributed by atoms with E-state index in [4.69, 9.17) is 4.42 Å². The molecule has 2 aromatic heterocycles. The molecule has 7 nitrogen and oxygen atoms in total. The van der Waals surface area contributed by atoms with E-state index in [9.17, 15) is 14.3 Å². The molecule has 31 heavy (non-hydrogen) atoms. The molecular weight excluding hydrogens is 399 g/mol. The SMILES string of the molecule is Cc1nc2n(c(=O)c1CCN1CCC([n+]3coc4cc(F)ccc43)CC1)CCCC2O. The Kier molecular flexibility index (Phi) is 5.35. The molecule has 1 unspecified atom stereocenters. The highest BCUT2D eigenvalue weighted by atomic mass is 19.1. The summed E-state index contributed by atoms with van der Waals surface area (Å²) in [5.74, 6) is 0.226. The van der Waals surface area contributed by atoms with Crippen LogP contribution in [0.3, 0.4) is 0 Å². The second kappa shape index (κ2) is 8.16. The van der Waals surface area contributed by atoms with E-state index < -0.39 is 6.10 Å². The smallest absolute Gasteiger partial charge is 0.335 e. The van der Waals surface area contributed by atoms with Crippen molar-refractivity contribution < 1.29 is 18.5 Å². The molecule has 1 atom stereocenters. The first kappa shape index (κ1) is 20.3. The first-order valence-electron chi connectivity index (χ1n) is 11.1. The number of hydrogen-bond donors (Lipinski definition) is 1. The second-order valence-electron chi connectivity index (χ2n) is 8.71. The minimum absolute atomic E-state index is 0.00351. The number of aromatic nitrogens is 3. The van der Waals surface area contributed by atoms with Crippen LogP contribution in [0.2, 0.25) is 0 Å². The van der Waals surface area contributed by atoms with Crippen molar-refractivity contribution in [2.45, 2.75) is 57.7 Å². The van der Waals surface area contributed by atoms with Gasteiger partial charge in [-0.25, -0.2) is 9.37 Å². The molecule has 5 rings (SSSR count). The lowest BCUT2D eigenvalue weighted by Crippen LogP contribution is -2.46. The number of nitrogens with zero attached hydrogens (tertiary/aromatic N) is 4. The average molecular weight is 428 g/mol. The lowest BCUT2D eigenvalue weighted by Gasteiger charge is -2.29. The monoisotopic (exact) mass is 427 g/mol. The van der Waals surface area contributed by atoms with Crippen LogP contribution in [0.15, 0.2) is 33.8 Å². The van der Waals surface area contributed by atoms with Gasteiger partial charge in [0.2, 0.25) is 5.58 Å². The van der Waals surface area contributed by atoms with Crippen molar-refractivity contribution in [2.75, 3.05) is 19.6 Å². The third kappa shape index (κ3) is 3.78. The van der Waals surface area contributed by atoms with Gasteiger partial charge < -0.3 is 14.4 Å². The van der Waals surface area contributed by atoms with E-state index >= 15 is 0 Å². The van der Waals surface area contributed by atoms with Crippen LogP contribution in [0.5, 0.6) is 0 Å². The van der Waals surface area contributed by atoms with Gasteiger partial charge >= 0.3 is 6.39 Å². The fourth-order valence-corrected chi connectivity index (χ4v) is 4.99. The van der Waals surface area contributed by atoms with E-state index in [2.05, 4.69) is 14.5 Å². The molecule has 0 saturated carbocycles. The van der Waals surface area contributed by atoms with Gasteiger partial charge in [-0.05, 0) is 32.3 Å². The Morgan fingerprint density at radius 3 is 2.87 bits per heavy atom. The van der Waals surface area contributed by atoms with Crippen LogP contribution in [0.25, 0.3) is 11.1 Å². The zero-order chi connectivity index (χ0) is 21.5. The molecule has 2 aliphatic rings. The quantitative estimate of drug-likeness (QED) is 0.648. The van der Waals surface area contributed by atoms with Gasteiger partial charge in [0.05, 0.1) is 0 Å². The summed E-state index contributed by atoms with van der Waals surface area (Å²) in [6.45, 7) is 5.19. The van der Waals surface area contributed by atoms with Gasteiger partial charge in [0.25, 0.3) is 11.1 Å². The highest BCUT2D eigenvalue weighted by Crippen LogP contribution is 2.24. The summed E-state index contributed by atoms with van der Waals surface area (Å²) in [4.78, 5) is 19.9. The lowest BCUT2D eigenvalue weighted by atomic mass is 10.0. The molecule has 1 fully saturated rings. The van der Waals surface area contributed by atoms with Crippen molar-refractivity contribution in [2.24, 2.45) is 0 Å². The highest BCUT2D eigenvalue weighted by molar-refractivity contribution is 5.68. The maximum atomic E-state index is 13.4. The highest BCUT2D eigenvalue weighted by Gasteiger charge is 2.30. The van der Waals surface area contributed by atoms with E-state index in [1.165, 1.54) is 12.1 Å². The zero-order valence-electron chi connectivity index (χ0n) is 17.8. The molecule has 0 radical (unpaired) electrons. The maximum Gasteiger partial charge on any atom is 0.335 e. The van der Waals surface area contributed by atoms with Gasteiger partial charge in [-0.3, -0.25) is 9.36 Å². The molecule has 2 aliphatic heterocycles. The summed E-state index contributed by atoms with van der Waals surface area (Å²) >= 11 is 0. The number of oxazole rings is 1. The van der Waals surface area contributed by atoms with Gasteiger partial charge in [0, 0.05) is 62.4 Å². The number of aliphatic hydroxyl groups is 1. The first-order chi connectivity index (χ1) is 15.0. The number of benzene rings is 1. The summed E-state index contributed by atoms with van der Waals surface area (Å²) in [6, 6.07) is 4.99. The van der Waals surface area contributed by atoms with E-state index in [0.717, 1.165) is 55.7 Å². The van der Waals surface area contributed by atoms with Crippen LogP contribution in [-0.2, 0) is 13.0 Å². The van der Waals surface area contributed by atoms with Crippen molar-refractivity contribution >= 4 is 11.1 Å². The van der Waals surface area contributed by atoms with Crippen LogP contribution in [0, 0.1) is 12.7 Å². The van der Waals surface area contributed by atoms with Crippen LogP contribution in [0.4, 0.5) is 4.39 Å². The van der Waals surface area contributed by atoms with Crippen molar-refractivity contribution in [3.05, 3.63) is 57.8 Å². The lowest BCUT2D eigenvalue weighted by molar-refractivity contribution is -0.705. The Balaban J connectivity index is 1.24. The Hall–Kier alpha value is -2.58. The maximum absolute atomic E-state index is 13.4. The zero-order valence-corrected chi connectivity index (χ0v) is 17.8. The standard InChI is InChI=1S/C23H28FN4O3/c1-15-18(23(30)27-9-2-3-20(29)22(27)25-15)8-12-26-10-6-17(7-11-26)28-14-31-21-13-16(24)4-5-19(21)28/h4-5,13-14,17,20,29H,2-3,6-12H2,1H3/q+1. The molecule has 4 heterocycles. The summed E-state index contributed by atoms with van der Waals surface area (Å²) < 4.78 is 22.7. The van der Waals surface area contributed by atoms with Crippen LogP contribution in [-0.4, -0.2) is 39.2 Å². The molecule has 8 heteroatoms. The topological polar surface area (TPSA) is 75.4 Å². The number of rotatable bonds is 4. The van der Waals surface area contributed by atoms with Crippen molar-refractivity contribution in [1.82, 2.24) is 14.5 Å². The van der Waals surface area contributed by atoms with E-state index in [1.807, 2.05) is 6.92 Å². The summed E-state index contributed by atoms with van der Waals surface area (Å²) in [7, 11) is 0.